The molecule has 4 bridgehead atoms. The summed E-state index contributed by atoms with van der Waals surface area (Å²) in [6.45, 7) is 5.44. The van der Waals surface area contributed by atoms with E-state index in [1.165, 1.54) is 0 Å². The molecule has 4 aliphatic rings. The fourth-order valence-corrected chi connectivity index (χ4v) is 5.04. The molecule has 0 aromatic heterocycles. The second-order valence-corrected chi connectivity index (χ2v) is 7.40. The molecule has 0 spiro atoms. The van der Waals surface area contributed by atoms with Crippen molar-refractivity contribution in [2.75, 3.05) is 13.2 Å². The van der Waals surface area contributed by atoms with E-state index in [0.717, 1.165) is 32.1 Å². The predicted octanol–water partition coefficient (Wildman–Crippen LogP) is 2.42. The number of ether oxygens (including phenoxy) is 2. The van der Waals surface area contributed by atoms with Crippen LogP contribution in [0.1, 0.15) is 45.4 Å². The third kappa shape index (κ3) is 3.34. The molecule has 2 atom stereocenters. The second kappa shape index (κ2) is 5.78. The average Bonchev–Trinajstić information content (AvgIpc) is 2.41. The van der Waals surface area contributed by atoms with E-state index < -0.39 is 10.7 Å². The van der Waals surface area contributed by atoms with Gasteiger partial charge in [0.05, 0.1) is 12.2 Å². The molecule has 128 valence electrons. The normalized spacial score (nSPS) is 37.4. The number of hydrogen-bond acceptors (Lipinski definition) is 6. The molecule has 0 saturated heterocycles. The predicted molar refractivity (Wildman–Crippen MR) is 79.9 cm³/mol. The first-order valence-corrected chi connectivity index (χ1v) is 8.12. The second-order valence-electron chi connectivity index (χ2n) is 7.40. The van der Waals surface area contributed by atoms with Crippen LogP contribution in [0.3, 0.4) is 0 Å². The zero-order valence-electron chi connectivity index (χ0n) is 13.4. The van der Waals surface area contributed by atoms with E-state index in [-0.39, 0.29) is 24.8 Å². The van der Waals surface area contributed by atoms with Crippen LogP contribution in [0.25, 0.3) is 0 Å². The van der Waals surface area contributed by atoms with E-state index in [9.17, 15) is 14.9 Å². The summed E-state index contributed by atoms with van der Waals surface area (Å²) >= 11 is 0. The van der Waals surface area contributed by atoms with Gasteiger partial charge in [-0.05, 0) is 50.9 Å². The molecule has 0 aromatic rings. The summed E-state index contributed by atoms with van der Waals surface area (Å²) in [6.07, 6.45) is 5.48. The molecule has 4 rings (SSSR count). The van der Waals surface area contributed by atoms with Crippen molar-refractivity contribution in [2.45, 2.75) is 56.7 Å². The molecule has 0 amide bonds. The number of carbonyl (C=O) groups is 1. The summed E-state index contributed by atoms with van der Waals surface area (Å²) in [7, 11) is 0. The molecule has 4 saturated carbocycles. The molecule has 4 aliphatic carbocycles. The summed E-state index contributed by atoms with van der Waals surface area (Å²) in [5, 5.41) is 9.41. The Kier molecular flexibility index (Phi) is 4.08. The van der Waals surface area contributed by atoms with E-state index in [2.05, 4.69) is 11.4 Å². The van der Waals surface area contributed by atoms with Gasteiger partial charge in [0.1, 0.15) is 12.2 Å². The summed E-state index contributed by atoms with van der Waals surface area (Å²) in [6, 6.07) is 0. The standard InChI is InChI=1S/C16H23NO6/c1-11(2)14(18)23-16-8-12-5-13(9-16)7-15(6-12,10-16)21-3-4-22-17(19)20/h12-13H,1,3-10H2,2H3. The van der Waals surface area contributed by atoms with Crippen molar-refractivity contribution in [1.82, 2.24) is 0 Å². The largest absolute Gasteiger partial charge is 0.456 e. The minimum atomic E-state index is -0.806. The van der Waals surface area contributed by atoms with Gasteiger partial charge in [-0.25, -0.2) is 4.79 Å². The van der Waals surface area contributed by atoms with Crippen LogP contribution in [0.2, 0.25) is 0 Å². The van der Waals surface area contributed by atoms with Crippen LogP contribution < -0.4 is 0 Å². The minimum Gasteiger partial charge on any atom is -0.456 e. The van der Waals surface area contributed by atoms with E-state index in [1.807, 2.05) is 0 Å². The maximum atomic E-state index is 12.0. The molecule has 23 heavy (non-hydrogen) atoms. The number of nitrogens with zero attached hydrogens (tertiary/aromatic N) is 1. The SMILES string of the molecule is C=C(C)C(=O)OC12CC3CC(CC(OCCO[N+](=O)[O-])(C3)C1)C2. The zero-order valence-corrected chi connectivity index (χ0v) is 13.4. The lowest BCUT2D eigenvalue weighted by molar-refractivity contribution is -0.758. The molecular formula is C16H23NO6. The Morgan fingerprint density at radius 1 is 1.22 bits per heavy atom. The number of rotatable bonds is 7. The average molecular weight is 325 g/mol. The first kappa shape index (κ1) is 16.2. The van der Waals surface area contributed by atoms with Gasteiger partial charge in [0, 0.05) is 12.0 Å². The van der Waals surface area contributed by atoms with Gasteiger partial charge in [0.2, 0.25) is 0 Å². The van der Waals surface area contributed by atoms with Crippen molar-refractivity contribution < 1.29 is 24.2 Å². The fourth-order valence-electron chi connectivity index (χ4n) is 5.04. The lowest BCUT2D eigenvalue weighted by Gasteiger charge is -2.60. The first-order valence-electron chi connectivity index (χ1n) is 8.12. The Bertz CT molecular complexity index is 517. The highest BCUT2D eigenvalue weighted by molar-refractivity contribution is 5.87. The lowest BCUT2D eigenvalue weighted by Crippen LogP contribution is -2.61. The fraction of sp³-hybridized carbons (Fsp3) is 0.812. The van der Waals surface area contributed by atoms with Gasteiger partial charge < -0.3 is 14.3 Å². The summed E-state index contributed by atoms with van der Waals surface area (Å²) in [4.78, 5) is 26.6. The summed E-state index contributed by atoms with van der Waals surface area (Å²) < 4.78 is 11.8. The highest BCUT2D eigenvalue weighted by Crippen LogP contribution is 2.60. The third-order valence-corrected chi connectivity index (χ3v) is 5.30. The Labute approximate surface area is 135 Å². The molecule has 0 aliphatic heterocycles. The Morgan fingerprint density at radius 3 is 2.39 bits per heavy atom. The van der Waals surface area contributed by atoms with Crippen LogP contribution in [-0.2, 0) is 19.1 Å². The van der Waals surface area contributed by atoms with Crippen LogP contribution in [-0.4, -0.2) is 35.5 Å². The monoisotopic (exact) mass is 325 g/mol. The lowest BCUT2D eigenvalue weighted by atomic mass is 9.52. The molecule has 7 nitrogen and oxygen atoms in total. The van der Waals surface area contributed by atoms with Gasteiger partial charge in [-0.2, -0.15) is 0 Å². The van der Waals surface area contributed by atoms with E-state index >= 15 is 0 Å². The molecule has 0 heterocycles. The zero-order chi connectivity index (χ0) is 16.7. The molecule has 2 unspecified atom stereocenters. The smallest absolute Gasteiger partial charge is 0.333 e. The van der Waals surface area contributed by atoms with Crippen molar-refractivity contribution in [3.8, 4) is 0 Å². The Hall–Kier alpha value is -1.63. The van der Waals surface area contributed by atoms with Gasteiger partial charge in [-0.3, -0.25) is 0 Å². The van der Waals surface area contributed by atoms with E-state index in [4.69, 9.17) is 9.47 Å². The van der Waals surface area contributed by atoms with Crippen molar-refractivity contribution in [1.29, 1.82) is 0 Å². The topological polar surface area (TPSA) is 87.9 Å². The van der Waals surface area contributed by atoms with Crippen molar-refractivity contribution >= 4 is 5.97 Å². The molecule has 0 radical (unpaired) electrons. The van der Waals surface area contributed by atoms with Crippen molar-refractivity contribution in [3.63, 3.8) is 0 Å². The molecule has 4 fully saturated rings. The quantitative estimate of drug-likeness (QED) is 0.235. The molecule has 0 N–H and O–H groups in total. The third-order valence-electron chi connectivity index (χ3n) is 5.30. The van der Waals surface area contributed by atoms with Gasteiger partial charge in [-0.15, -0.1) is 10.1 Å². The number of esters is 1. The molecular weight excluding hydrogens is 302 g/mol. The Morgan fingerprint density at radius 2 is 1.83 bits per heavy atom. The summed E-state index contributed by atoms with van der Waals surface area (Å²) in [5.41, 5.74) is -0.376. The van der Waals surface area contributed by atoms with Crippen LogP contribution >= 0.6 is 0 Å². The van der Waals surface area contributed by atoms with E-state index in [1.54, 1.807) is 6.92 Å². The highest BCUT2D eigenvalue weighted by atomic mass is 17.0. The maximum absolute atomic E-state index is 12.0. The molecule has 7 heteroatoms. The molecule has 0 aromatic carbocycles. The van der Waals surface area contributed by atoms with Crippen LogP contribution in [0.4, 0.5) is 0 Å². The van der Waals surface area contributed by atoms with Crippen LogP contribution in [0, 0.1) is 22.0 Å². The van der Waals surface area contributed by atoms with E-state index in [0.29, 0.717) is 23.8 Å². The van der Waals surface area contributed by atoms with Crippen LogP contribution in [0.5, 0.6) is 0 Å². The van der Waals surface area contributed by atoms with Gasteiger partial charge >= 0.3 is 5.97 Å². The minimum absolute atomic E-state index is 0.0668. The highest BCUT2D eigenvalue weighted by Gasteiger charge is 2.60. The van der Waals surface area contributed by atoms with Crippen molar-refractivity contribution in [3.05, 3.63) is 22.3 Å². The number of hydrogen-bond donors (Lipinski definition) is 0. The van der Waals surface area contributed by atoms with Gasteiger partial charge in [-0.1, -0.05) is 6.58 Å². The van der Waals surface area contributed by atoms with Gasteiger partial charge in [0.25, 0.3) is 5.09 Å². The maximum Gasteiger partial charge on any atom is 0.333 e. The first-order chi connectivity index (χ1) is 10.8. The van der Waals surface area contributed by atoms with Crippen molar-refractivity contribution in [2.24, 2.45) is 11.8 Å². The van der Waals surface area contributed by atoms with Crippen LogP contribution in [0.15, 0.2) is 12.2 Å². The number of carbonyl (C=O) groups excluding carboxylic acids is 1. The summed E-state index contributed by atoms with van der Waals surface area (Å²) in [5.74, 6) is 0.648. The Balaban J connectivity index is 1.67. The van der Waals surface area contributed by atoms with Gasteiger partial charge in [0.15, 0.2) is 0 Å².